The first-order valence-electron chi connectivity index (χ1n) is 6.44. The number of nitrogens with one attached hydrogen (secondary N) is 1. The molecule has 0 aromatic carbocycles. The average molecular weight is 271 g/mol. The smallest absolute Gasteiger partial charge is 0.0897 e. The van der Waals surface area contributed by atoms with E-state index < -0.39 is 6.10 Å². The Bertz CT molecular complexity index is 312. The van der Waals surface area contributed by atoms with Crippen molar-refractivity contribution in [3.8, 4) is 0 Å². The zero-order chi connectivity index (χ0) is 12.6. The molecule has 2 rings (SSSR count). The molecule has 1 saturated heterocycles. The largest absolute Gasteiger partial charge is 0.389 e. The second kappa shape index (κ2) is 7.86. The molecular formula is C13H21NO3S. The molecule has 0 aliphatic carbocycles. The maximum atomic E-state index is 9.79. The third kappa shape index (κ3) is 5.04. The minimum atomic E-state index is -0.437. The van der Waals surface area contributed by atoms with Crippen LogP contribution >= 0.6 is 11.3 Å². The van der Waals surface area contributed by atoms with Crippen LogP contribution in [-0.2, 0) is 16.1 Å². The van der Waals surface area contributed by atoms with E-state index in [9.17, 15) is 5.11 Å². The molecule has 1 aromatic heterocycles. The summed E-state index contributed by atoms with van der Waals surface area (Å²) in [6, 6.07) is 4.52. The van der Waals surface area contributed by atoms with Crippen molar-refractivity contribution < 1.29 is 14.6 Å². The molecule has 1 unspecified atom stereocenters. The molecule has 0 spiro atoms. The van der Waals surface area contributed by atoms with Crippen molar-refractivity contribution in [2.24, 2.45) is 0 Å². The number of thiophene rings is 1. The van der Waals surface area contributed by atoms with E-state index in [1.54, 1.807) is 11.3 Å². The Morgan fingerprint density at radius 3 is 3.06 bits per heavy atom. The van der Waals surface area contributed by atoms with Gasteiger partial charge in [0.1, 0.15) is 0 Å². The lowest BCUT2D eigenvalue weighted by molar-refractivity contribution is 0.0237. The van der Waals surface area contributed by atoms with Gasteiger partial charge in [-0.05, 0) is 24.3 Å². The van der Waals surface area contributed by atoms with Gasteiger partial charge in [0.15, 0.2) is 0 Å². The first-order chi connectivity index (χ1) is 8.84. The zero-order valence-electron chi connectivity index (χ0n) is 10.5. The fourth-order valence-electron chi connectivity index (χ4n) is 1.95. The minimum absolute atomic E-state index is 0.383. The third-order valence-corrected chi connectivity index (χ3v) is 3.85. The van der Waals surface area contributed by atoms with Crippen LogP contribution < -0.4 is 5.32 Å². The number of aliphatic hydroxyl groups excluding tert-OH is 1. The average Bonchev–Trinajstić information content (AvgIpc) is 2.91. The monoisotopic (exact) mass is 271 g/mol. The van der Waals surface area contributed by atoms with Crippen LogP contribution in [0.25, 0.3) is 0 Å². The van der Waals surface area contributed by atoms with Gasteiger partial charge in [0.25, 0.3) is 0 Å². The molecule has 5 heteroatoms. The van der Waals surface area contributed by atoms with Crippen LogP contribution in [0.1, 0.15) is 17.7 Å². The quantitative estimate of drug-likeness (QED) is 0.787. The molecule has 2 N–H and O–H groups in total. The Kier molecular flexibility index (Phi) is 6.10. The standard InChI is InChI=1S/C13H21NO3S/c15-12(8-14-11-3-5-16-6-4-11)9-17-10-13-2-1-7-18-13/h1-2,7,11-12,14-15H,3-6,8-10H2. The molecule has 0 saturated carbocycles. The summed E-state index contributed by atoms with van der Waals surface area (Å²) in [6.45, 7) is 3.21. The zero-order valence-corrected chi connectivity index (χ0v) is 11.3. The fourth-order valence-corrected chi connectivity index (χ4v) is 2.59. The van der Waals surface area contributed by atoms with E-state index >= 15 is 0 Å². The summed E-state index contributed by atoms with van der Waals surface area (Å²) in [4.78, 5) is 1.19. The van der Waals surface area contributed by atoms with Crippen molar-refractivity contribution in [1.29, 1.82) is 0 Å². The molecule has 1 aliphatic rings. The molecule has 18 heavy (non-hydrogen) atoms. The number of aliphatic hydroxyl groups is 1. The normalized spacial score (nSPS) is 18.9. The lowest BCUT2D eigenvalue weighted by Gasteiger charge is -2.24. The highest BCUT2D eigenvalue weighted by atomic mass is 32.1. The van der Waals surface area contributed by atoms with Gasteiger partial charge in [-0.15, -0.1) is 11.3 Å². The summed E-state index contributed by atoms with van der Waals surface area (Å²) in [5.74, 6) is 0. The molecule has 2 heterocycles. The minimum Gasteiger partial charge on any atom is -0.389 e. The second-order valence-electron chi connectivity index (χ2n) is 4.54. The summed E-state index contributed by atoms with van der Waals surface area (Å²) >= 11 is 1.67. The fraction of sp³-hybridized carbons (Fsp3) is 0.692. The molecule has 0 amide bonds. The lowest BCUT2D eigenvalue weighted by atomic mass is 10.1. The summed E-state index contributed by atoms with van der Waals surface area (Å²) < 4.78 is 10.8. The van der Waals surface area contributed by atoms with Gasteiger partial charge in [-0.1, -0.05) is 6.07 Å². The molecule has 4 nitrogen and oxygen atoms in total. The van der Waals surface area contributed by atoms with E-state index in [-0.39, 0.29) is 0 Å². The predicted octanol–water partition coefficient (Wildman–Crippen LogP) is 1.39. The van der Waals surface area contributed by atoms with Gasteiger partial charge >= 0.3 is 0 Å². The van der Waals surface area contributed by atoms with Gasteiger partial charge < -0.3 is 19.9 Å². The molecule has 1 fully saturated rings. The summed E-state index contributed by atoms with van der Waals surface area (Å²) in [5, 5.41) is 15.2. The Morgan fingerprint density at radius 1 is 1.50 bits per heavy atom. The summed E-state index contributed by atoms with van der Waals surface area (Å²) in [6.07, 6.45) is 1.62. The van der Waals surface area contributed by atoms with Crippen molar-refractivity contribution in [3.63, 3.8) is 0 Å². The Morgan fingerprint density at radius 2 is 2.33 bits per heavy atom. The molecule has 1 aliphatic heterocycles. The number of hydrogen-bond donors (Lipinski definition) is 2. The van der Waals surface area contributed by atoms with Crippen molar-refractivity contribution in [1.82, 2.24) is 5.32 Å². The van der Waals surface area contributed by atoms with Gasteiger partial charge in [-0.3, -0.25) is 0 Å². The predicted molar refractivity (Wildman–Crippen MR) is 71.8 cm³/mol. The lowest BCUT2D eigenvalue weighted by Crippen LogP contribution is -2.40. The molecule has 0 bridgehead atoms. The van der Waals surface area contributed by atoms with Gasteiger partial charge in [-0.25, -0.2) is 0 Å². The van der Waals surface area contributed by atoms with Gasteiger partial charge in [0.05, 0.1) is 19.3 Å². The van der Waals surface area contributed by atoms with Gasteiger partial charge in [0, 0.05) is 30.7 Å². The van der Waals surface area contributed by atoms with E-state index in [0.717, 1.165) is 26.1 Å². The van der Waals surface area contributed by atoms with E-state index in [1.165, 1.54) is 4.88 Å². The molecule has 1 atom stereocenters. The van der Waals surface area contributed by atoms with Crippen LogP contribution in [0, 0.1) is 0 Å². The van der Waals surface area contributed by atoms with Gasteiger partial charge in [-0.2, -0.15) is 0 Å². The SMILES string of the molecule is OC(CNC1CCOCC1)COCc1cccs1. The Balaban J connectivity index is 1.53. The highest BCUT2D eigenvalue weighted by Crippen LogP contribution is 2.10. The van der Waals surface area contributed by atoms with E-state index in [1.807, 2.05) is 17.5 Å². The van der Waals surface area contributed by atoms with Crippen LogP contribution in [-0.4, -0.2) is 43.6 Å². The highest BCUT2D eigenvalue weighted by molar-refractivity contribution is 7.09. The number of rotatable bonds is 7. The molecule has 0 radical (unpaired) electrons. The van der Waals surface area contributed by atoms with E-state index in [2.05, 4.69) is 5.32 Å². The maximum absolute atomic E-state index is 9.79. The van der Waals surface area contributed by atoms with Crippen molar-refractivity contribution in [2.45, 2.75) is 31.6 Å². The van der Waals surface area contributed by atoms with Crippen LogP contribution in [0.2, 0.25) is 0 Å². The first kappa shape index (κ1) is 14.0. The van der Waals surface area contributed by atoms with Crippen LogP contribution in [0.4, 0.5) is 0 Å². The van der Waals surface area contributed by atoms with Crippen LogP contribution in [0.15, 0.2) is 17.5 Å². The van der Waals surface area contributed by atoms with Gasteiger partial charge in [0.2, 0.25) is 0 Å². The highest BCUT2D eigenvalue weighted by Gasteiger charge is 2.14. The number of ether oxygens (including phenoxy) is 2. The topological polar surface area (TPSA) is 50.7 Å². The van der Waals surface area contributed by atoms with Crippen molar-refractivity contribution in [2.75, 3.05) is 26.4 Å². The summed E-state index contributed by atoms with van der Waals surface area (Å²) in [7, 11) is 0. The Labute approximate surface area is 112 Å². The van der Waals surface area contributed by atoms with Crippen LogP contribution in [0.5, 0.6) is 0 Å². The van der Waals surface area contributed by atoms with E-state index in [0.29, 0.717) is 25.8 Å². The Hall–Kier alpha value is -0.460. The molecule has 1 aromatic rings. The molecule has 102 valence electrons. The van der Waals surface area contributed by atoms with Crippen molar-refractivity contribution >= 4 is 11.3 Å². The number of hydrogen-bond acceptors (Lipinski definition) is 5. The van der Waals surface area contributed by atoms with Crippen LogP contribution in [0.3, 0.4) is 0 Å². The summed E-state index contributed by atoms with van der Waals surface area (Å²) in [5.41, 5.74) is 0. The second-order valence-corrected chi connectivity index (χ2v) is 5.58. The maximum Gasteiger partial charge on any atom is 0.0897 e. The van der Waals surface area contributed by atoms with Crippen molar-refractivity contribution in [3.05, 3.63) is 22.4 Å². The first-order valence-corrected chi connectivity index (χ1v) is 7.32. The molecular weight excluding hydrogens is 250 g/mol. The van der Waals surface area contributed by atoms with E-state index in [4.69, 9.17) is 9.47 Å². The third-order valence-electron chi connectivity index (χ3n) is 3.00.